The molecule has 2 aliphatic carbocycles. The number of ether oxygens (including phenoxy) is 1. The molecule has 0 unspecified atom stereocenters. The van der Waals surface area contributed by atoms with Gasteiger partial charge >= 0.3 is 5.97 Å². The third-order valence-corrected chi connectivity index (χ3v) is 6.93. The summed E-state index contributed by atoms with van der Waals surface area (Å²) in [7, 11) is 1.44. The van der Waals surface area contributed by atoms with Crippen LogP contribution in [0.15, 0.2) is 18.2 Å². The lowest BCUT2D eigenvalue weighted by atomic mass is 9.67. The normalized spacial score (nSPS) is 25.7. The van der Waals surface area contributed by atoms with Gasteiger partial charge < -0.3 is 4.74 Å². The number of benzene rings is 1. The van der Waals surface area contributed by atoms with Gasteiger partial charge in [-0.25, -0.2) is 0 Å². The molecule has 0 saturated heterocycles. The molecule has 148 valence electrons. The molecular formula is C23H29N3O2. The Morgan fingerprint density at radius 1 is 1.29 bits per heavy atom. The first-order valence-corrected chi connectivity index (χ1v) is 10.6. The Kier molecular flexibility index (Phi) is 5.14. The lowest BCUT2D eigenvalue weighted by molar-refractivity contribution is -0.146. The van der Waals surface area contributed by atoms with Crippen molar-refractivity contribution in [1.82, 2.24) is 9.78 Å². The van der Waals surface area contributed by atoms with E-state index < -0.39 is 5.41 Å². The zero-order valence-corrected chi connectivity index (χ0v) is 16.9. The quantitative estimate of drug-likeness (QED) is 0.713. The number of carbonyl (C=O) groups is 1. The van der Waals surface area contributed by atoms with Gasteiger partial charge in [-0.2, -0.15) is 10.4 Å². The minimum absolute atomic E-state index is 0.0779. The molecule has 4 rings (SSSR count). The molecule has 0 radical (unpaired) electrons. The summed E-state index contributed by atoms with van der Waals surface area (Å²) in [5, 5.41) is 16.3. The molecule has 2 fully saturated rings. The van der Waals surface area contributed by atoms with Crippen molar-refractivity contribution in [3.63, 3.8) is 0 Å². The Morgan fingerprint density at radius 3 is 2.61 bits per heavy atom. The molecule has 2 saturated carbocycles. The lowest BCUT2D eigenvalue weighted by Crippen LogP contribution is -2.33. The SMILES string of the molecule is CCc1nn(C2CCCC2)c2cc([C@]3(C#N)CC[C@@H](C(=O)OC)CC3)ccc12. The number of rotatable bonds is 4. The molecule has 0 aliphatic heterocycles. The largest absolute Gasteiger partial charge is 0.469 e. The van der Waals surface area contributed by atoms with Crippen LogP contribution in [0.25, 0.3) is 10.9 Å². The van der Waals surface area contributed by atoms with Crippen molar-refractivity contribution in [2.75, 3.05) is 7.11 Å². The summed E-state index contributed by atoms with van der Waals surface area (Å²) in [5.41, 5.74) is 2.88. The Labute approximate surface area is 166 Å². The van der Waals surface area contributed by atoms with E-state index in [1.807, 2.05) is 0 Å². The maximum Gasteiger partial charge on any atom is 0.308 e. The van der Waals surface area contributed by atoms with E-state index in [0.29, 0.717) is 31.7 Å². The molecule has 1 aromatic heterocycles. The first-order chi connectivity index (χ1) is 13.6. The number of fused-ring (bicyclic) bond motifs is 1. The van der Waals surface area contributed by atoms with Crippen LogP contribution in [0.3, 0.4) is 0 Å². The summed E-state index contributed by atoms with van der Waals surface area (Å²) in [4.78, 5) is 11.9. The van der Waals surface area contributed by atoms with Crippen LogP contribution < -0.4 is 0 Å². The maximum atomic E-state index is 11.9. The van der Waals surface area contributed by atoms with Gasteiger partial charge in [0.25, 0.3) is 0 Å². The van der Waals surface area contributed by atoms with Crippen LogP contribution in [-0.4, -0.2) is 22.9 Å². The number of hydrogen-bond donors (Lipinski definition) is 0. The fraction of sp³-hybridized carbons (Fsp3) is 0.609. The van der Waals surface area contributed by atoms with Crippen molar-refractivity contribution >= 4 is 16.9 Å². The standard InChI is InChI=1S/C23H29N3O2/c1-3-20-19-9-8-17(14-21(19)26(25-20)18-6-4-5-7-18)23(15-24)12-10-16(11-13-23)22(27)28-2/h8-9,14,16,18H,3-7,10-13H2,1-2H3/t16-,23-. The van der Waals surface area contributed by atoms with Crippen molar-refractivity contribution in [2.24, 2.45) is 5.92 Å². The smallest absolute Gasteiger partial charge is 0.308 e. The summed E-state index contributed by atoms with van der Waals surface area (Å²) in [5.74, 6) is -0.222. The monoisotopic (exact) mass is 379 g/mol. The van der Waals surface area contributed by atoms with E-state index in [-0.39, 0.29) is 11.9 Å². The lowest BCUT2D eigenvalue weighted by Gasteiger charge is -2.34. The van der Waals surface area contributed by atoms with Gasteiger partial charge in [0.05, 0.1) is 41.8 Å². The number of aromatic nitrogens is 2. The molecular weight excluding hydrogens is 350 g/mol. The van der Waals surface area contributed by atoms with Gasteiger partial charge in [-0.05, 0) is 56.6 Å². The highest BCUT2D eigenvalue weighted by molar-refractivity contribution is 5.83. The number of aryl methyl sites for hydroxylation is 1. The second kappa shape index (κ2) is 7.58. The van der Waals surface area contributed by atoms with E-state index >= 15 is 0 Å². The Morgan fingerprint density at radius 2 is 2.00 bits per heavy atom. The average Bonchev–Trinajstić information content (AvgIpc) is 3.40. The molecule has 5 heteroatoms. The Bertz CT molecular complexity index is 910. The summed E-state index contributed by atoms with van der Waals surface area (Å²) in [6.45, 7) is 2.15. The highest BCUT2D eigenvalue weighted by Crippen LogP contribution is 2.43. The zero-order chi connectivity index (χ0) is 19.7. The van der Waals surface area contributed by atoms with Crippen molar-refractivity contribution < 1.29 is 9.53 Å². The molecule has 0 N–H and O–H groups in total. The van der Waals surface area contributed by atoms with E-state index in [0.717, 1.165) is 17.7 Å². The molecule has 2 aliphatic rings. The average molecular weight is 380 g/mol. The first-order valence-electron chi connectivity index (χ1n) is 10.6. The third kappa shape index (κ3) is 3.09. The Balaban J connectivity index is 1.71. The van der Waals surface area contributed by atoms with Gasteiger partial charge in [0, 0.05) is 5.39 Å². The summed E-state index contributed by atoms with van der Waals surface area (Å²) >= 11 is 0. The van der Waals surface area contributed by atoms with Gasteiger partial charge in [0.2, 0.25) is 0 Å². The number of methoxy groups -OCH3 is 1. The van der Waals surface area contributed by atoms with Gasteiger partial charge in [-0.15, -0.1) is 0 Å². The Hall–Kier alpha value is -2.35. The molecule has 0 amide bonds. The topological polar surface area (TPSA) is 67.9 Å². The highest BCUT2D eigenvalue weighted by atomic mass is 16.5. The summed E-state index contributed by atoms with van der Waals surface area (Å²) in [6.07, 6.45) is 8.65. The number of esters is 1. The molecule has 1 aromatic carbocycles. The number of nitrogens with zero attached hydrogens (tertiary/aromatic N) is 3. The van der Waals surface area contributed by atoms with Crippen LogP contribution in [-0.2, 0) is 21.4 Å². The maximum absolute atomic E-state index is 11.9. The van der Waals surface area contributed by atoms with Gasteiger partial charge in [-0.3, -0.25) is 9.48 Å². The number of hydrogen-bond acceptors (Lipinski definition) is 4. The highest BCUT2D eigenvalue weighted by Gasteiger charge is 2.40. The summed E-state index contributed by atoms with van der Waals surface area (Å²) < 4.78 is 7.14. The fourth-order valence-corrected chi connectivity index (χ4v) is 5.17. The van der Waals surface area contributed by atoms with Crippen molar-refractivity contribution in [1.29, 1.82) is 5.26 Å². The molecule has 0 spiro atoms. The van der Waals surface area contributed by atoms with Gasteiger partial charge in [0.1, 0.15) is 0 Å². The second-order valence-electron chi connectivity index (χ2n) is 8.41. The molecule has 28 heavy (non-hydrogen) atoms. The second-order valence-corrected chi connectivity index (χ2v) is 8.41. The van der Waals surface area contributed by atoms with Crippen molar-refractivity contribution in [3.8, 4) is 6.07 Å². The zero-order valence-electron chi connectivity index (χ0n) is 16.9. The van der Waals surface area contributed by atoms with Crippen LogP contribution in [0.5, 0.6) is 0 Å². The number of nitriles is 1. The summed E-state index contributed by atoms with van der Waals surface area (Å²) in [6, 6.07) is 9.57. The molecule has 0 bridgehead atoms. The van der Waals surface area contributed by atoms with Gasteiger partial charge in [0.15, 0.2) is 0 Å². The van der Waals surface area contributed by atoms with Crippen LogP contribution in [0, 0.1) is 17.2 Å². The molecule has 5 nitrogen and oxygen atoms in total. The van der Waals surface area contributed by atoms with E-state index in [9.17, 15) is 10.1 Å². The predicted octanol–water partition coefficient (Wildman–Crippen LogP) is 4.84. The van der Waals surface area contributed by atoms with Crippen molar-refractivity contribution in [2.45, 2.75) is 76.2 Å². The van der Waals surface area contributed by atoms with Crippen LogP contribution in [0.4, 0.5) is 0 Å². The fourth-order valence-electron chi connectivity index (χ4n) is 5.17. The minimum atomic E-state index is -0.518. The van der Waals surface area contributed by atoms with Crippen molar-refractivity contribution in [3.05, 3.63) is 29.5 Å². The molecule has 2 aromatic rings. The van der Waals surface area contributed by atoms with E-state index in [1.165, 1.54) is 43.7 Å². The minimum Gasteiger partial charge on any atom is -0.469 e. The molecule has 0 atom stereocenters. The van der Waals surface area contributed by atoms with E-state index in [4.69, 9.17) is 9.84 Å². The van der Waals surface area contributed by atoms with Crippen LogP contribution in [0.2, 0.25) is 0 Å². The van der Waals surface area contributed by atoms with Gasteiger partial charge in [-0.1, -0.05) is 31.9 Å². The van der Waals surface area contributed by atoms with Crippen LogP contribution >= 0.6 is 0 Å². The van der Waals surface area contributed by atoms with E-state index in [1.54, 1.807) is 0 Å². The van der Waals surface area contributed by atoms with Crippen LogP contribution in [0.1, 0.15) is 75.6 Å². The predicted molar refractivity (Wildman–Crippen MR) is 108 cm³/mol. The van der Waals surface area contributed by atoms with E-state index in [2.05, 4.69) is 35.9 Å². The molecule has 1 heterocycles. The first kappa shape index (κ1) is 19.0. The third-order valence-electron chi connectivity index (χ3n) is 6.93. The number of carbonyl (C=O) groups excluding carboxylic acids is 1.